The molecule has 39 heavy (non-hydrogen) atoms. The Labute approximate surface area is 243 Å². The van der Waals surface area contributed by atoms with E-state index in [0.717, 1.165) is 57.1 Å². The average molecular weight is 652 g/mol. The van der Waals surface area contributed by atoms with Gasteiger partial charge in [0.2, 0.25) is 0 Å². The first-order valence-corrected chi connectivity index (χ1v) is 14.6. The van der Waals surface area contributed by atoms with E-state index >= 15 is 0 Å². The molecule has 2 N–H and O–H groups in total. The van der Waals surface area contributed by atoms with Crippen LogP contribution in [0, 0.1) is 11.8 Å². The van der Waals surface area contributed by atoms with Crippen LogP contribution in [0.25, 0.3) is 10.9 Å². The fourth-order valence-corrected chi connectivity index (χ4v) is 7.39. The number of ether oxygens (including phenoxy) is 1. The van der Waals surface area contributed by atoms with Gasteiger partial charge in [-0.25, -0.2) is 0 Å². The highest BCUT2D eigenvalue weighted by Gasteiger charge is 2.43. The summed E-state index contributed by atoms with van der Waals surface area (Å²) in [6.45, 7) is 6.00. The SMILES string of the molecule is C=C[C@H]1CN2CC[C@H]1C[C@@H]2[C@@H](Nc1c(Nc2c(Br)cccc2Br)c(=O)c1=O)c1ccnc2ccc(OC)cc12. The number of hydrogen-bond donors (Lipinski definition) is 2. The minimum atomic E-state index is -0.530. The normalized spacial score (nSPS) is 23.1. The molecule has 1 aromatic heterocycles. The molecule has 3 saturated heterocycles. The minimum Gasteiger partial charge on any atom is -0.497 e. The lowest BCUT2D eigenvalue weighted by Gasteiger charge is -2.52. The zero-order valence-electron chi connectivity index (χ0n) is 21.4. The van der Waals surface area contributed by atoms with E-state index in [1.807, 2.05) is 42.5 Å². The number of rotatable bonds is 8. The Kier molecular flexibility index (Phi) is 7.07. The van der Waals surface area contributed by atoms with Crippen molar-refractivity contribution in [3.8, 4) is 5.75 Å². The molecule has 200 valence electrons. The van der Waals surface area contributed by atoms with E-state index in [1.54, 1.807) is 13.3 Å². The number of nitrogens with zero attached hydrogens (tertiary/aromatic N) is 2. The second-order valence-electron chi connectivity index (χ2n) is 10.3. The maximum Gasteiger partial charge on any atom is 0.253 e. The first-order valence-electron chi connectivity index (χ1n) is 13.0. The van der Waals surface area contributed by atoms with E-state index in [2.05, 4.69) is 65.0 Å². The molecule has 3 aliphatic rings. The van der Waals surface area contributed by atoms with Gasteiger partial charge in [-0.3, -0.25) is 19.5 Å². The number of aromatic nitrogens is 1. The Morgan fingerprint density at radius 1 is 1.10 bits per heavy atom. The quantitative estimate of drug-likeness (QED) is 0.174. The highest BCUT2D eigenvalue weighted by molar-refractivity contribution is 9.11. The Morgan fingerprint density at radius 2 is 1.87 bits per heavy atom. The highest BCUT2D eigenvalue weighted by atomic mass is 79.9. The zero-order valence-corrected chi connectivity index (χ0v) is 24.6. The lowest BCUT2D eigenvalue weighted by molar-refractivity contribution is 0.0105. The van der Waals surface area contributed by atoms with Crippen molar-refractivity contribution in [2.24, 2.45) is 11.8 Å². The van der Waals surface area contributed by atoms with Crippen LogP contribution in [0.4, 0.5) is 17.1 Å². The van der Waals surface area contributed by atoms with Crippen LogP contribution in [0.5, 0.6) is 5.75 Å². The summed E-state index contributed by atoms with van der Waals surface area (Å²) in [5.74, 6) is 1.73. The van der Waals surface area contributed by atoms with Crippen molar-refractivity contribution in [3.63, 3.8) is 0 Å². The Bertz CT molecular complexity index is 1630. The monoisotopic (exact) mass is 650 g/mol. The molecule has 7 rings (SSSR count). The van der Waals surface area contributed by atoms with Gasteiger partial charge in [-0.15, -0.1) is 6.58 Å². The summed E-state index contributed by atoms with van der Waals surface area (Å²) in [4.78, 5) is 32.9. The number of para-hydroxylation sites is 1. The topological polar surface area (TPSA) is 83.6 Å². The predicted molar refractivity (Wildman–Crippen MR) is 163 cm³/mol. The number of methoxy groups -OCH3 is 1. The first kappa shape index (κ1) is 26.2. The Balaban J connectivity index is 1.44. The fraction of sp³-hybridized carbons (Fsp3) is 0.300. The Morgan fingerprint density at radius 3 is 2.56 bits per heavy atom. The summed E-state index contributed by atoms with van der Waals surface area (Å²) < 4.78 is 7.10. The van der Waals surface area contributed by atoms with Crippen molar-refractivity contribution in [1.29, 1.82) is 0 Å². The van der Waals surface area contributed by atoms with Gasteiger partial charge in [-0.05, 0) is 105 Å². The largest absolute Gasteiger partial charge is 0.497 e. The van der Waals surface area contributed by atoms with Gasteiger partial charge in [-0.1, -0.05) is 12.1 Å². The molecular formula is C30H28Br2N4O3. The second kappa shape index (κ2) is 10.5. The van der Waals surface area contributed by atoms with E-state index in [-0.39, 0.29) is 17.8 Å². The maximum absolute atomic E-state index is 13.0. The molecule has 5 atom stereocenters. The minimum absolute atomic E-state index is 0.129. The van der Waals surface area contributed by atoms with Crippen LogP contribution < -0.4 is 26.2 Å². The molecule has 0 radical (unpaired) electrons. The van der Waals surface area contributed by atoms with Crippen LogP contribution >= 0.6 is 31.9 Å². The van der Waals surface area contributed by atoms with Crippen molar-refractivity contribution >= 4 is 59.8 Å². The summed E-state index contributed by atoms with van der Waals surface area (Å²) in [5, 5.41) is 7.72. The van der Waals surface area contributed by atoms with Crippen molar-refractivity contribution < 1.29 is 4.74 Å². The zero-order chi connectivity index (χ0) is 27.3. The fourth-order valence-electron chi connectivity index (χ4n) is 6.20. The number of pyridine rings is 1. The number of nitrogens with one attached hydrogen (secondary N) is 2. The van der Waals surface area contributed by atoms with E-state index in [0.29, 0.717) is 23.2 Å². The van der Waals surface area contributed by atoms with E-state index < -0.39 is 10.9 Å². The summed E-state index contributed by atoms with van der Waals surface area (Å²) in [7, 11) is 1.65. The third-order valence-electron chi connectivity index (χ3n) is 8.28. The number of fused-ring (bicyclic) bond motifs is 4. The van der Waals surface area contributed by atoms with Crippen LogP contribution in [-0.2, 0) is 0 Å². The van der Waals surface area contributed by atoms with Crippen molar-refractivity contribution in [2.75, 3.05) is 30.8 Å². The molecule has 3 aliphatic heterocycles. The maximum atomic E-state index is 13.0. The van der Waals surface area contributed by atoms with E-state index in [9.17, 15) is 9.59 Å². The van der Waals surface area contributed by atoms with Crippen LogP contribution in [0.3, 0.4) is 0 Å². The Hall–Kier alpha value is -3.01. The number of anilines is 3. The van der Waals surface area contributed by atoms with Gasteiger partial charge < -0.3 is 15.4 Å². The van der Waals surface area contributed by atoms with Crippen molar-refractivity contribution in [3.05, 3.63) is 96.3 Å². The summed E-state index contributed by atoms with van der Waals surface area (Å²) in [6.07, 6.45) is 5.99. The third kappa shape index (κ3) is 4.60. The summed E-state index contributed by atoms with van der Waals surface area (Å²) in [6, 6.07) is 13.4. The molecular weight excluding hydrogens is 624 g/mol. The smallest absolute Gasteiger partial charge is 0.253 e. The highest BCUT2D eigenvalue weighted by Crippen LogP contribution is 2.44. The molecule has 7 nitrogen and oxygen atoms in total. The van der Waals surface area contributed by atoms with Crippen molar-refractivity contribution in [2.45, 2.75) is 24.9 Å². The molecule has 3 aromatic carbocycles. The summed E-state index contributed by atoms with van der Waals surface area (Å²) in [5.41, 5.74) is 2.10. The molecule has 0 amide bonds. The number of halogens is 2. The molecule has 3 fully saturated rings. The van der Waals surface area contributed by atoms with Gasteiger partial charge >= 0.3 is 0 Å². The molecule has 4 heterocycles. The van der Waals surface area contributed by atoms with Crippen LogP contribution in [0.2, 0.25) is 0 Å². The summed E-state index contributed by atoms with van der Waals surface area (Å²) >= 11 is 7.09. The van der Waals surface area contributed by atoms with Gasteiger partial charge in [0.1, 0.15) is 17.1 Å². The molecule has 4 aromatic rings. The van der Waals surface area contributed by atoms with Crippen LogP contribution in [0.15, 0.2) is 79.9 Å². The number of benzene rings is 2. The van der Waals surface area contributed by atoms with Crippen molar-refractivity contribution in [1.82, 2.24) is 9.88 Å². The van der Waals surface area contributed by atoms with E-state index in [4.69, 9.17) is 4.74 Å². The average Bonchev–Trinajstić information content (AvgIpc) is 2.97. The molecule has 9 heteroatoms. The van der Waals surface area contributed by atoms with Crippen LogP contribution in [-0.4, -0.2) is 36.1 Å². The van der Waals surface area contributed by atoms with E-state index in [1.165, 1.54) is 0 Å². The predicted octanol–water partition coefficient (Wildman–Crippen LogP) is 6.16. The van der Waals surface area contributed by atoms with Gasteiger partial charge in [0.15, 0.2) is 0 Å². The second-order valence-corrected chi connectivity index (χ2v) is 12.0. The first-order chi connectivity index (χ1) is 18.9. The molecule has 0 spiro atoms. The standard InChI is InChI=1S/C30H28Br2N4O3/c1-3-16-15-36-12-10-17(16)13-24(36)25(19-9-11-33-23-8-7-18(39-2)14-20(19)23)34-27-28(30(38)29(27)37)35-26-21(31)5-4-6-22(26)32/h3-9,11,14,16-17,24-25,34-35H,1,10,12-13,15H2,2H3/t16-,17-,24+,25-/m0/s1. The lowest BCUT2D eigenvalue weighted by atomic mass is 9.73. The third-order valence-corrected chi connectivity index (χ3v) is 9.60. The van der Waals surface area contributed by atoms with Gasteiger partial charge in [-0.2, -0.15) is 0 Å². The molecule has 2 bridgehead atoms. The van der Waals surface area contributed by atoms with Gasteiger partial charge in [0, 0.05) is 33.1 Å². The van der Waals surface area contributed by atoms with Gasteiger partial charge in [0.25, 0.3) is 10.9 Å². The lowest BCUT2D eigenvalue weighted by Crippen LogP contribution is -2.56. The van der Waals surface area contributed by atoms with Crippen LogP contribution in [0.1, 0.15) is 24.4 Å². The molecule has 0 saturated carbocycles. The number of hydrogen-bond acceptors (Lipinski definition) is 7. The number of piperidine rings is 3. The molecule has 0 aliphatic carbocycles. The van der Waals surface area contributed by atoms with Gasteiger partial charge in [0.05, 0.1) is 24.4 Å². The molecule has 1 unspecified atom stereocenters.